The molecule has 2 nitrogen and oxygen atoms in total. The summed E-state index contributed by atoms with van der Waals surface area (Å²) < 4.78 is 2.18. The molecule has 0 aliphatic carbocycles. The molecular weight excluding hydrogens is 232 g/mol. The van der Waals surface area contributed by atoms with Gasteiger partial charge >= 0.3 is 0 Å². The first-order valence-electron chi connectivity index (χ1n) is 6.64. The Morgan fingerprint density at radius 3 is 2.37 bits per heavy atom. The number of benzene rings is 2. The number of para-hydroxylation sites is 1. The Kier molecular flexibility index (Phi) is 3.00. The average molecular weight is 249 g/mol. The van der Waals surface area contributed by atoms with Crippen molar-refractivity contribution in [2.45, 2.75) is 13.3 Å². The van der Waals surface area contributed by atoms with Crippen molar-refractivity contribution in [3.63, 3.8) is 0 Å². The fraction of sp³-hybridized carbons (Fsp3) is 0.176. The van der Waals surface area contributed by atoms with Gasteiger partial charge in [-0.1, -0.05) is 49.4 Å². The topological polar surface area (TPSA) is 16.8 Å². The molecule has 1 aromatic heterocycles. The number of nitrogens with zero attached hydrogens (tertiary/aromatic N) is 2. The van der Waals surface area contributed by atoms with Crippen LogP contribution in [0.1, 0.15) is 12.7 Å². The summed E-state index contributed by atoms with van der Waals surface area (Å²) in [5, 5.41) is 1.20. The van der Waals surface area contributed by atoms with E-state index < -0.39 is 0 Å². The number of aromatic nitrogens is 2. The molecule has 2 heteroatoms. The SMILES string of the molecule is CCc1nc(-c2ccccc2)c2ccccc2[n+]1C. The molecular formula is C17H17N2+. The van der Waals surface area contributed by atoms with Gasteiger partial charge in [0.15, 0.2) is 5.69 Å². The molecule has 0 saturated carbocycles. The van der Waals surface area contributed by atoms with E-state index in [0.29, 0.717) is 0 Å². The van der Waals surface area contributed by atoms with Crippen LogP contribution < -0.4 is 4.57 Å². The minimum atomic E-state index is 0.932. The Balaban J connectivity index is 2.39. The van der Waals surface area contributed by atoms with Crippen LogP contribution in [0.2, 0.25) is 0 Å². The summed E-state index contributed by atoms with van der Waals surface area (Å²) in [6.45, 7) is 2.14. The van der Waals surface area contributed by atoms with Gasteiger partial charge in [-0.2, -0.15) is 0 Å². The van der Waals surface area contributed by atoms with E-state index in [0.717, 1.165) is 17.9 Å². The van der Waals surface area contributed by atoms with Crippen molar-refractivity contribution in [2.24, 2.45) is 7.05 Å². The highest BCUT2D eigenvalue weighted by atomic mass is 15.0. The van der Waals surface area contributed by atoms with Gasteiger partial charge in [-0.25, -0.2) is 4.57 Å². The van der Waals surface area contributed by atoms with Crippen molar-refractivity contribution < 1.29 is 4.57 Å². The second kappa shape index (κ2) is 4.81. The maximum atomic E-state index is 4.85. The standard InChI is InChI=1S/C17H17N2/c1-3-16-18-17(13-9-5-4-6-10-13)14-11-7-8-12-15(14)19(16)2/h4-12H,3H2,1-2H3/q+1. The lowest BCUT2D eigenvalue weighted by Gasteiger charge is -2.06. The van der Waals surface area contributed by atoms with Crippen LogP contribution in [-0.4, -0.2) is 4.98 Å². The molecule has 0 amide bonds. The Labute approximate surface area is 113 Å². The molecule has 1 heterocycles. The number of hydrogen-bond acceptors (Lipinski definition) is 1. The van der Waals surface area contributed by atoms with Gasteiger partial charge in [0.25, 0.3) is 5.82 Å². The predicted molar refractivity (Wildman–Crippen MR) is 77.7 cm³/mol. The second-order valence-electron chi connectivity index (χ2n) is 4.67. The van der Waals surface area contributed by atoms with Gasteiger partial charge in [0.1, 0.15) is 5.52 Å². The van der Waals surface area contributed by atoms with Crippen LogP contribution in [0.3, 0.4) is 0 Å². The fourth-order valence-corrected chi connectivity index (χ4v) is 2.50. The molecule has 94 valence electrons. The molecule has 0 spiro atoms. The minimum Gasteiger partial charge on any atom is -0.230 e. The molecule has 3 aromatic rings. The van der Waals surface area contributed by atoms with Crippen LogP contribution in [0.25, 0.3) is 22.2 Å². The molecule has 0 unspecified atom stereocenters. The van der Waals surface area contributed by atoms with Crippen LogP contribution in [0, 0.1) is 0 Å². The maximum Gasteiger partial charge on any atom is 0.299 e. The molecule has 0 aliphatic heterocycles. The van der Waals surface area contributed by atoms with E-state index in [-0.39, 0.29) is 0 Å². The van der Waals surface area contributed by atoms with Gasteiger partial charge in [-0.15, -0.1) is 0 Å². The van der Waals surface area contributed by atoms with Crippen molar-refractivity contribution in [3.8, 4) is 11.3 Å². The van der Waals surface area contributed by atoms with Crippen molar-refractivity contribution >= 4 is 10.9 Å². The second-order valence-corrected chi connectivity index (χ2v) is 4.67. The fourth-order valence-electron chi connectivity index (χ4n) is 2.50. The third-order valence-electron chi connectivity index (χ3n) is 3.51. The van der Waals surface area contributed by atoms with Gasteiger partial charge in [-0.3, -0.25) is 0 Å². The van der Waals surface area contributed by atoms with Crippen molar-refractivity contribution in [1.82, 2.24) is 4.98 Å². The highest BCUT2D eigenvalue weighted by Crippen LogP contribution is 2.24. The lowest BCUT2D eigenvalue weighted by Crippen LogP contribution is -2.36. The largest absolute Gasteiger partial charge is 0.299 e. The van der Waals surface area contributed by atoms with E-state index in [1.54, 1.807) is 0 Å². The zero-order valence-electron chi connectivity index (χ0n) is 11.3. The van der Waals surface area contributed by atoms with Crippen LogP contribution in [0.15, 0.2) is 54.6 Å². The molecule has 0 radical (unpaired) electrons. The van der Waals surface area contributed by atoms with Crippen LogP contribution in [0.5, 0.6) is 0 Å². The highest BCUT2D eigenvalue weighted by Gasteiger charge is 2.18. The van der Waals surface area contributed by atoms with E-state index in [4.69, 9.17) is 4.98 Å². The Morgan fingerprint density at radius 2 is 1.63 bits per heavy atom. The van der Waals surface area contributed by atoms with Gasteiger partial charge < -0.3 is 0 Å². The monoisotopic (exact) mass is 249 g/mol. The maximum absolute atomic E-state index is 4.85. The van der Waals surface area contributed by atoms with Gasteiger partial charge in [0.2, 0.25) is 0 Å². The summed E-state index contributed by atoms with van der Waals surface area (Å²) in [7, 11) is 2.09. The quantitative estimate of drug-likeness (QED) is 0.637. The summed E-state index contributed by atoms with van der Waals surface area (Å²) in [6.07, 6.45) is 0.932. The molecule has 0 saturated heterocycles. The molecule has 0 atom stereocenters. The Bertz CT molecular complexity index is 718. The van der Waals surface area contributed by atoms with Crippen molar-refractivity contribution in [3.05, 3.63) is 60.4 Å². The number of rotatable bonds is 2. The van der Waals surface area contributed by atoms with Gasteiger partial charge in [-0.05, 0) is 17.1 Å². The first kappa shape index (κ1) is 11.8. The molecule has 0 bridgehead atoms. The van der Waals surface area contributed by atoms with Gasteiger partial charge in [0.05, 0.1) is 18.9 Å². The van der Waals surface area contributed by atoms with Crippen molar-refractivity contribution in [2.75, 3.05) is 0 Å². The third kappa shape index (κ3) is 1.99. The predicted octanol–water partition coefficient (Wildman–Crippen LogP) is 3.29. The first-order chi connectivity index (χ1) is 9.31. The summed E-state index contributed by atoms with van der Waals surface area (Å²) >= 11 is 0. The summed E-state index contributed by atoms with van der Waals surface area (Å²) in [6, 6.07) is 18.8. The van der Waals surface area contributed by atoms with E-state index in [2.05, 4.69) is 67.1 Å². The zero-order valence-corrected chi connectivity index (χ0v) is 11.3. The smallest absolute Gasteiger partial charge is 0.230 e. The Morgan fingerprint density at radius 1 is 0.947 bits per heavy atom. The van der Waals surface area contributed by atoms with E-state index in [1.165, 1.54) is 16.5 Å². The molecule has 19 heavy (non-hydrogen) atoms. The summed E-state index contributed by atoms with van der Waals surface area (Å²) in [5.74, 6) is 1.11. The van der Waals surface area contributed by atoms with E-state index >= 15 is 0 Å². The van der Waals surface area contributed by atoms with Crippen LogP contribution in [-0.2, 0) is 13.5 Å². The normalized spacial score (nSPS) is 10.8. The number of hydrogen-bond donors (Lipinski definition) is 0. The van der Waals surface area contributed by atoms with Crippen LogP contribution >= 0.6 is 0 Å². The highest BCUT2D eigenvalue weighted by molar-refractivity contribution is 5.90. The Hall–Kier alpha value is -2.22. The summed E-state index contributed by atoms with van der Waals surface area (Å²) in [4.78, 5) is 4.85. The lowest BCUT2D eigenvalue weighted by molar-refractivity contribution is -0.656. The van der Waals surface area contributed by atoms with Crippen LogP contribution in [0.4, 0.5) is 0 Å². The lowest BCUT2D eigenvalue weighted by atomic mass is 10.1. The third-order valence-corrected chi connectivity index (χ3v) is 3.51. The van der Waals surface area contributed by atoms with Crippen molar-refractivity contribution in [1.29, 1.82) is 0 Å². The molecule has 3 rings (SSSR count). The first-order valence-corrected chi connectivity index (χ1v) is 6.64. The molecule has 2 aromatic carbocycles. The zero-order chi connectivity index (χ0) is 13.2. The average Bonchev–Trinajstić information content (AvgIpc) is 2.49. The molecule has 0 N–H and O–H groups in total. The molecule has 0 aliphatic rings. The van der Waals surface area contributed by atoms with Gasteiger partial charge in [0, 0.05) is 5.56 Å². The van der Waals surface area contributed by atoms with E-state index in [9.17, 15) is 0 Å². The number of aryl methyl sites for hydroxylation is 2. The molecule has 0 fully saturated rings. The van der Waals surface area contributed by atoms with E-state index in [1.807, 2.05) is 6.07 Å². The summed E-state index contributed by atoms with van der Waals surface area (Å²) in [5.41, 5.74) is 3.48. The number of fused-ring (bicyclic) bond motifs is 1. The minimum absolute atomic E-state index is 0.932.